The average Bonchev–Trinajstić information content (AvgIpc) is 2.64. The molecule has 3 N–H and O–H groups in total. The Labute approximate surface area is 154 Å². The minimum Gasteiger partial charge on any atom is -0.353 e. The van der Waals surface area contributed by atoms with Crippen LogP contribution in [0.4, 0.5) is 4.79 Å². The molecule has 1 saturated heterocycles. The molecule has 0 aromatic heterocycles. The van der Waals surface area contributed by atoms with Crippen LogP contribution >= 0.6 is 0 Å². The monoisotopic (exact) mass is 388 g/mol. The molecule has 148 valence electrons. The van der Waals surface area contributed by atoms with Gasteiger partial charge in [0, 0.05) is 13.1 Å². The Morgan fingerprint density at radius 1 is 1.27 bits per heavy atom. The smallest absolute Gasteiger partial charge is 0.325 e. The molecule has 9 nitrogen and oxygen atoms in total. The van der Waals surface area contributed by atoms with E-state index in [-0.39, 0.29) is 31.0 Å². The number of rotatable bonds is 6. The van der Waals surface area contributed by atoms with Gasteiger partial charge in [0.25, 0.3) is 5.91 Å². The second kappa shape index (κ2) is 7.15. The number of hydrogen-bond acceptors (Lipinski definition) is 5. The lowest BCUT2D eigenvalue weighted by molar-refractivity contribution is -0.137. The first-order valence-corrected chi connectivity index (χ1v) is 10.6. The molecule has 26 heavy (non-hydrogen) atoms. The average molecular weight is 388 g/mol. The maximum atomic E-state index is 12.9. The van der Waals surface area contributed by atoms with E-state index in [0.29, 0.717) is 18.8 Å². The molecular weight excluding hydrogens is 360 g/mol. The highest BCUT2D eigenvalue weighted by Gasteiger charge is 2.56. The second-order valence-electron chi connectivity index (χ2n) is 8.27. The van der Waals surface area contributed by atoms with Crippen molar-refractivity contribution in [3.8, 4) is 0 Å². The van der Waals surface area contributed by atoms with Crippen LogP contribution in [0.15, 0.2) is 0 Å². The molecule has 1 aliphatic heterocycles. The van der Waals surface area contributed by atoms with E-state index < -0.39 is 27.5 Å². The van der Waals surface area contributed by atoms with Crippen molar-refractivity contribution >= 4 is 27.9 Å². The van der Waals surface area contributed by atoms with Crippen molar-refractivity contribution in [3.63, 3.8) is 0 Å². The molecule has 2 unspecified atom stereocenters. The van der Waals surface area contributed by atoms with Crippen molar-refractivity contribution in [2.45, 2.75) is 45.6 Å². The van der Waals surface area contributed by atoms with Crippen LogP contribution in [0.2, 0.25) is 0 Å². The Morgan fingerprint density at radius 2 is 1.92 bits per heavy atom. The van der Waals surface area contributed by atoms with Gasteiger partial charge in [0.05, 0.1) is 6.26 Å². The van der Waals surface area contributed by atoms with Gasteiger partial charge in [-0.1, -0.05) is 20.8 Å². The maximum absolute atomic E-state index is 12.9. The molecule has 1 saturated carbocycles. The number of amides is 4. The molecule has 0 bridgehead atoms. The topological polar surface area (TPSA) is 125 Å². The van der Waals surface area contributed by atoms with Gasteiger partial charge in [0.15, 0.2) is 0 Å². The van der Waals surface area contributed by atoms with Gasteiger partial charge < -0.3 is 10.6 Å². The van der Waals surface area contributed by atoms with Crippen LogP contribution in [0.1, 0.15) is 40.0 Å². The Balaban J connectivity index is 1.95. The van der Waals surface area contributed by atoms with Crippen LogP contribution in [0.25, 0.3) is 0 Å². The first-order valence-electron chi connectivity index (χ1n) is 8.69. The summed E-state index contributed by atoms with van der Waals surface area (Å²) in [5, 5.41) is 5.31. The molecule has 4 amide bonds. The molecule has 2 fully saturated rings. The third-order valence-electron chi connectivity index (χ3n) is 4.74. The predicted octanol–water partition coefficient (Wildman–Crippen LogP) is -0.211. The quantitative estimate of drug-likeness (QED) is 0.429. The lowest BCUT2D eigenvalue weighted by atomic mass is 9.64. The maximum Gasteiger partial charge on any atom is 0.325 e. The fourth-order valence-electron chi connectivity index (χ4n) is 4.29. The van der Waals surface area contributed by atoms with E-state index in [2.05, 4.69) is 36.1 Å². The minimum absolute atomic E-state index is 0.0420. The molecular formula is C16H28N4O5S. The Hall–Kier alpha value is -1.68. The van der Waals surface area contributed by atoms with Gasteiger partial charge in [-0.05, 0) is 30.6 Å². The number of sulfonamides is 1. The summed E-state index contributed by atoms with van der Waals surface area (Å²) in [6.45, 7) is 5.96. The van der Waals surface area contributed by atoms with Crippen LogP contribution in [-0.2, 0) is 19.6 Å². The van der Waals surface area contributed by atoms with Crippen molar-refractivity contribution in [1.29, 1.82) is 0 Å². The van der Waals surface area contributed by atoms with Crippen molar-refractivity contribution in [2.24, 2.45) is 11.3 Å². The van der Waals surface area contributed by atoms with Gasteiger partial charge in [0.1, 0.15) is 12.1 Å². The van der Waals surface area contributed by atoms with Crippen molar-refractivity contribution < 1.29 is 22.8 Å². The molecule has 0 radical (unpaired) electrons. The van der Waals surface area contributed by atoms with Crippen LogP contribution in [-0.4, -0.2) is 62.6 Å². The third-order valence-corrected chi connectivity index (χ3v) is 5.47. The number of nitrogens with zero attached hydrogens (tertiary/aromatic N) is 1. The Morgan fingerprint density at radius 3 is 2.50 bits per heavy atom. The molecule has 2 aliphatic rings. The summed E-state index contributed by atoms with van der Waals surface area (Å²) < 4.78 is 24.2. The standard InChI is InChI=1S/C16H28N4O5S/c1-11-7-15(2,3)10-16(8-11)13(22)20(14(23)19-16)9-12(21)17-5-6-18-26(4,24)25/h11,18H,5-10H2,1-4H3,(H,17,21)(H,19,23). The van der Waals surface area contributed by atoms with Gasteiger partial charge in [-0.2, -0.15) is 0 Å². The van der Waals surface area contributed by atoms with E-state index in [4.69, 9.17) is 0 Å². The Bertz CT molecular complexity index is 705. The highest BCUT2D eigenvalue weighted by atomic mass is 32.2. The van der Waals surface area contributed by atoms with Gasteiger partial charge in [-0.25, -0.2) is 17.9 Å². The zero-order valence-electron chi connectivity index (χ0n) is 15.7. The summed E-state index contributed by atoms with van der Waals surface area (Å²) in [6.07, 6.45) is 3.11. The first-order chi connectivity index (χ1) is 11.8. The van der Waals surface area contributed by atoms with Crippen LogP contribution < -0.4 is 15.4 Å². The highest BCUT2D eigenvalue weighted by molar-refractivity contribution is 7.88. The van der Waals surface area contributed by atoms with Crippen molar-refractivity contribution in [1.82, 2.24) is 20.3 Å². The minimum atomic E-state index is -3.33. The SMILES string of the molecule is CC1CC(C)(C)CC2(C1)NC(=O)N(CC(=O)NCCNS(C)(=O)=O)C2=O. The molecule has 0 aromatic carbocycles. The zero-order chi connectivity index (χ0) is 19.8. The van der Waals surface area contributed by atoms with E-state index in [9.17, 15) is 22.8 Å². The lowest BCUT2D eigenvalue weighted by Crippen LogP contribution is -2.54. The summed E-state index contributed by atoms with van der Waals surface area (Å²) >= 11 is 0. The van der Waals surface area contributed by atoms with E-state index in [1.807, 2.05) is 0 Å². The number of urea groups is 1. The first kappa shape index (κ1) is 20.6. The predicted molar refractivity (Wildman–Crippen MR) is 95.6 cm³/mol. The summed E-state index contributed by atoms with van der Waals surface area (Å²) in [4.78, 5) is 38.2. The molecule has 10 heteroatoms. The highest BCUT2D eigenvalue weighted by Crippen LogP contribution is 2.46. The lowest BCUT2D eigenvalue weighted by Gasteiger charge is -2.43. The van der Waals surface area contributed by atoms with Crippen LogP contribution in [0.5, 0.6) is 0 Å². The van der Waals surface area contributed by atoms with Gasteiger partial charge in [0.2, 0.25) is 15.9 Å². The summed E-state index contributed by atoms with van der Waals surface area (Å²) in [6, 6.07) is -0.552. The summed E-state index contributed by atoms with van der Waals surface area (Å²) in [5.74, 6) is -0.575. The molecule has 1 heterocycles. The second-order valence-corrected chi connectivity index (χ2v) is 10.1. The van der Waals surface area contributed by atoms with E-state index in [1.165, 1.54) is 0 Å². The summed E-state index contributed by atoms with van der Waals surface area (Å²) in [7, 11) is -3.33. The van der Waals surface area contributed by atoms with E-state index in [0.717, 1.165) is 17.6 Å². The van der Waals surface area contributed by atoms with Gasteiger partial charge in [-0.15, -0.1) is 0 Å². The number of nitrogens with one attached hydrogen (secondary N) is 3. The normalized spacial score (nSPS) is 28.3. The third kappa shape index (κ3) is 4.94. The molecule has 2 rings (SSSR count). The van der Waals surface area contributed by atoms with Crippen molar-refractivity contribution in [2.75, 3.05) is 25.9 Å². The largest absolute Gasteiger partial charge is 0.353 e. The number of imide groups is 1. The number of carbonyl (C=O) groups is 3. The van der Waals surface area contributed by atoms with E-state index >= 15 is 0 Å². The number of hydrogen-bond donors (Lipinski definition) is 3. The van der Waals surface area contributed by atoms with Crippen LogP contribution in [0.3, 0.4) is 0 Å². The van der Waals surface area contributed by atoms with E-state index in [1.54, 1.807) is 0 Å². The molecule has 1 spiro atoms. The molecule has 2 atom stereocenters. The molecule has 0 aromatic rings. The fourth-order valence-corrected chi connectivity index (χ4v) is 4.76. The van der Waals surface area contributed by atoms with Crippen LogP contribution in [0, 0.1) is 11.3 Å². The Kier molecular flexibility index (Phi) is 5.67. The van der Waals surface area contributed by atoms with Gasteiger partial charge >= 0.3 is 6.03 Å². The molecule has 1 aliphatic carbocycles. The number of carbonyl (C=O) groups excluding carboxylic acids is 3. The van der Waals surface area contributed by atoms with Gasteiger partial charge in [-0.3, -0.25) is 14.5 Å². The fraction of sp³-hybridized carbons (Fsp3) is 0.812. The zero-order valence-corrected chi connectivity index (χ0v) is 16.5. The van der Waals surface area contributed by atoms with Crippen molar-refractivity contribution in [3.05, 3.63) is 0 Å². The summed E-state index contributed by atoms with van der Waals surface area (Å²) in [5.41, 5.74) is -1.01.